The zero-order valence-electron chi connectivity index (χ0n) is 14.0. The molecule has 1 fully saturated rings. The lowest BCUT2D eigenvalue weighted by molar-refractivity contribution is -0.133. The molecule has 0 unspecified atom stereocenters. The third-order valence-corrected chi connectivity index (χ3v) is 8.68. The number of aryl methyl sites for hydroxylation is 1. The lowest BCUT2D eigenvalue weighted by Gasteiger charge is -2.33. The van der Waals surface area contributed by atoms with Gasteiger partial charge >= 0.3 is 0 Å². The minimum atomic E-state index is -3.45. The van der Waals surface area contributed by atoms with E-state index in [1.54, 1.807) is 27.1 Å². The topological polar surface area (TPSA) is 75.5 Å². The molecule has 3 heterocycles. The van der Waals surface area contributed by atoms with Gasteiger partial charge in [-0.2, -0.15) is 9.40 Å². The van der Waals surface area contributed by atoms with Crippen LogP contribution in [0, 0.1) is 13.8 Å². The fourth-order valence-corrected chi connectivity index (χ4v) is 5.62. The molecule has 0 aromatic carbocycles. The fourth-order valence-electron chi connectivity index (χ4n) is 2.77. The lowest BCUT2D eigenvalue weighted by Crippen LogP contribution is -2.51. The quantitative estimate of drug-likeness (QED) is 0.717. The monoisotopic (exact) mass is 446 g/mol. The number of halogens is 1. The lowest BCUT2D eigenvalue weighted by atomic mass is 10.3. The van der Waals surface area contributed by atoms with Crippen molar-refractivity contribution in [1.29, 1.82) is 0 Å². The van der Waals surface area contributed by atoms with Crippen LogP contribution < -0.4 is 0 Å². The number of aromatic nitrogens is 2. The summed E-state index contributed by atoms with van der Waals surface area (Å²) in [6.45, 7) is 5.36. The van der Waals surface area contributed by atoms with Crippen LogP contribution in [0.4, 0.5) is 0 Å². The average molecular weight is 447 g/mol. The zero-order valence-corrected chi connectivity index (χ0v) is 17.2. The molecule has 0 saturated carbocycles. The van der Waals surface area contributed by atoms with Crippen molar-refractivity contribution in [1.82, 2.24) is 19.0 Å². The molecule has 2 aromatic heterocycles. The van der Waals surface area contributed by atoms with Crippen LogP contribution in [0.15, 0.2) is 26.2 Å². The van der Waals surface area contributed by atoms with Crippen LogP contribution in [0.2, 0.25) is 0 Å². The highest BCUT2D eigenvalue weighted by molar-refractivity contribution is 9.10. The first-order valence-electron chi connectivity index (χ1n) is 7.81. The van der Waals surface area contributed by atoms with Gasteiger partial charge in [-0.1, -0.05) is 6.07 Å². The van der Waals surface area contributed by atoms with E-state index in [2.05, 4.69) is 21.0 Å². The Morgan fingerprint density at radius 2 is 1.96 bits per heavy atom. The first-order chi connectivity index (χ1) is 11.8. The van der Waals surface area contributed by atoms with Crippen molar-refractivity contribution < 1.29 is 13.2 Å². The molecule has 1 saturated heterocycles. The number of thiophene rings is 1. The molecule has 0 bridgehead atoms. The number of carbonyl (C=O) groups excluding carboxylic acids is 1. The van der Waals surface area contributed by atoms with E-state index in [1.165, 1.54) is 15.6 Å². The third-order valence-electron chi connectivity index (χ3n) is 4.26. The van der Waals surface area contributed by atoms with Crippen LogP contribution in [0.25, 0.3) is 0 Å². The molecule has 0 radical (unpaired) electrons. The van der Waals surface area contributed by atoms with Crippen molar-refractivity contribution in [3.63, 3.8) is 0 Å². The summed E-state index contributed by atoms with van der Waals surface area (Å²) in [5.41, 5.74) is 1.75. The summed E-state index contributed by atoms with van der Waals surface area (Å²) in [6, 6.07) is 3.34. The highest BCUT2D eigenvalue weighted by atomic mass is 79.9. The Kier molecular flexibility index (Phi) is 5.33. The molecule has 1 amide bonds. The van der Waals surface area contributed by atoms with Gasteiger partial charge in [0.1, 0.15) is 10.8 Å². The van der Waals surface area contributed by atoms with Crippen LogP contribution in [-0.4, -0.2) is 59.5 Å². The van der Waals surface area contributed by atoms with Gasteiger partial charge in [0.05, 0.1) is 15.9 Å². The first-order valence-corrected chi connectivity index (χ1v) is 10.9. The highest BCUT2D eigenvalue weighted by Crippen LogP contribution is 2.23. The van der Waals surface area contributed by atoms with E-state index in [-0.39, 0.29) is 12.5 Å². The summed E-state index contributed by atoms with van der Waals surface area (Å²) < 4.78 is 29.4. The second-order valence-electron chi connectivity index (χ2n) is 5.86. The number of hydrogen-bond donors (Lipinski definition) is 0. The maximum atomic E-state index is 12.5. The number of amides is 1. The molecular weight excluding hydrogens is 428 g/mol. The molecule has 0 aliphatic carbocycles. The number of piperazine rings is 1. The maximum Gasteiger partial charge on any atom is 0.252 e. The van der Waals surface area contributed by atoms with Crippen molar-refractivity contribution in [2.75, 3.05) is 26.2 Å². The zero-order chi connectivity index (χ0) is 18.2. The van der Waals surface area contributed by atoms with Gasteiger partial charge in [0.15, 0.2) is 0 Å². The van der Waals surface area contributed by atoms with Crippen LogP contribution in [0.1, 0.15) is 11.4 Å². The van der Waals surface area contributed by atoms with Crippen LogP contribution in [0.3, 0.4) is 0 Å². The maximum absolute atomic E-state index is 12.5. The van der Waals surface area contributed by atoms with E-state index in [9.17, 15) is 13.2 Å². The van der Waals surface area contributed by atoms with Crippen molar-refractivity contribution in [3.05, 3.63) is 33.4 Å². The minimum absolute atomic E-state index is 0.0497. The molecule has 10 heteroatoms. The normalized spacial score (nSPS) is 16.4. The van der Waals surface area contributed by atoms with Crippen LogP contribution in [0.5, 0.6) is 0 Å². The first kappa shape index (κ1) is 18.6. The molecule has 0 atom stereocenters. The van der Waals surface area contributed by atoms with Gasteiger partial charge in [-0.3, -0.25) is 9.48 Å². The van der Waals surface area contributed by atoms with E-state index in [0.717, 1.165) is 15.9 Å². The molecule has 25 heavy (non-hydrogen) atoms. The average Bonchev–Trinajstić information content (AvgIpc) is 3.21. The predicted molar refractivity (Wildman–Crippen MR) is 99.1 cm³/mol. The number of sulfonamides is 1. The van der Waals surface area contributed by atoms with E-state index < -0.39 is 10.0 Å². The minimum Gasteiger partial charge on any atom is -0.338 e. The number of rotatable bonds is 4. The Hall–Kier alpha value is -1.23. The molecule has 136 valence electrons. The second kappa shape index (κ2) is 7.18. The number of nitrogens with zero attached hydrogens (tertiary/aromatic N) is 4. The molecule has 0 N–H and O–H groups in total. The van der Waals surface area contributed by atoms with Gasteiger partial charge in [0.25, 0.3) is 10.0 Å². The van der Waals surface area contributed by atoms with Gasteiger partial charge in [-0.15, -0.1) is 11.3 Å². The van der Waals surface area contributed by atoms with Gasteiger partial charge in [0, 0.05) is 26.2 Å². The Morgan fingerprint density at radius 3 is 2.48 bits per heavy atom. The highest BCUT2D eigenvalue weighted by Gasteiger charge is 2.30. The molecular formula is C15H19BrN4O3S2. The van der Waals surface area contributed by atoms with Crippen molar-refractivity contribution in [2.24, 2.45) is 0 Å². The predicted octanol–water partition coefficient (Wildman–Crippen LogP) is 1.86. The summed E-state index contributed by atoms with van der Waals surface area (Å²) in [4.78, 5) is 14.2. The van der Waals surface area contributed by atoms with Crippen LogP contribution >= 0.6 is 27.3 Å². The van der Waals surface area contributed by atoms with Gasteiger partial charge in [-0.05, 0) is 41.2 Å². The molecule has 3 rings (SSSR count). The van der Waals surface area contributed by atoms with Crippen LogP contribution in [-0.2, 0) is 21.4 Å². The summed E-state index contributed by atoms with van der Waals surface area (Å²) in [7, 11) is -3.45. The van der Waals surface area contributed by atoms with Crippen molar-refractivity contribution in [2.45, 2.75) is 24.6 Å². The number of carbonyl (C=O) groups is 1. The molecule has 1 aliphatic heterocycles. The Morgan fingerprint density at radius 1 is 1.28 bits per heavy atom. The molecule has 0 spiro atoms. The second-order valence-corrected chi connectivity index (χ2v) is 9.76. The Balaban J connectivity index is 1.62. The Bertz CT molecular complexity index is 869. The van der Waals surface area contributed by atoms with E-state index in [1.807, 2.05) is 13.8 Å². The molecule has 1 aliphatic rings. The third kappa shape index (κ3) is 3.67. The van der Waals surface area contributed by atoms with Gasteiger partial charge < -0.3 is 4.90 Å². The Labute approximate surface area is 159 Å². The largest absolute Gasteiger partial charge is 0.338 e. The summed E-state index contributed by atoms with van der Waals surface area (Å²) >= 11 is 4.67. The molecule has 7 nitrogen and oxygen atoms in total. The summed E-state index contributed by atoms with van der Waals surface area (Å²) in [5.74, 6) is -0.0497. The number of hydrogen-bond acceptors (Lipinski definition) is 5. The van der Waals surface area contributed by atoms with Crippen molar-refractivity contribution in [3.8, 4) is 0 Å². The fraction of sp³-hybridized carbons (Fsp3) is 0.467. The van der Waals surface area contributed by atoms with E-state index in [0.29, 0.717) is 30.4 Å². The van der Waals surface area contributed by atoms with Gasteiger partial charge in [-0.25, -0.2) is 8.42 Å². The summed E-state index contributed by atoms with van der Waals surface area (Å²) in [5, 5.41) is 6.10. The molecule has 2 aromatic rings. The smallest absolute Gasteiger partial charge is 0.252 e. The van der Waals surface area contributed by atoms with Gasteiger partial charge in [0.2, 0.25) is 5.91 Å². The van der Waals surface area contributed by atoms with Crippen molar-refractivity contribution >= 4 is 43.2 Å². The summed E-state index contributed by atoms with van der Waals surface area (Å²) in [6.07, 6.45) is 0. The SMILES string of the molecule is Cc1nn(CC(=O)N2CCN(S(=O)(=O)c3cccs3)CC2)c(C)c1Br. The van der Waals surface area contributed by atoms with E-state index in [4.69, 9.17) is 0 Å². The standard InChI is InChI=1S/C15H19BrN4O3S2/c1-11-15(16)12(2)20(17-11)10-13(21)18-5-7-19(8-6-18)25(22,23)14-4-3-9-24-14/h3-4,9H,5-8,10H2,1-2H3. The van der Waals surface area contributed by atoms with E-state index >= 15 is 0 Å².